The van der Waals surface area contributed by atoms with Crippen molar-refractivity contribution in [1.29, 1.82) is 0 Å². The molecule has 1 heterocycles. The van der Waals surface area contributed by atoms with Gasteiger partial charge in [0, 0.05) is 19.5 Å². The van der Waals surface area contributed by atoms with E-state index in [0.717, 1.165) is 35.3 Å². The van der Waals surface area contributed by atoms with E-state index in [9.17, 15) is 4.79 Å². The van der Waals surface area contributed by atoms with Gasteiger partial charge in [-0.25, -0.2) is 9.78 Å². The van der Waals surface area contributed by atoms with Gasteiger partial charge in [0.1, 0.15) is 5.82 Å². The Morgan fingerprint density at radius 2 is 1.88 bits per heavy atom. The molecule has 5 nitrogen and oxygen atoms in total. The number of carbonyl (C=O) groups excluding carboxylic acids is 1. The Balaban J connectivity index is 1.38. The molecule has 0 aliphatic rings. The molecule has 0 bridgehead atoms. The standard InChI is InChI=1S/C19H22N4O/c1-14-7-2-3-8-15(14)13-21-19(24)20-12-6-11-18-22-16-9-4-5-10-17(16)23-18/h2-5,7-10H,6,11-13H2,1H3,(H,22,23)(H2,20,21,24). The van der Waals surface area contributed by atoms with Gasteiger partial charge in [0.25, 0.3) is 0 Å². The second-order valence-corrected chi connectivity index (χ2v) is 5.84. The minimum atomic E-state index is -0.136. The average Bonchev–Trinajstić information content (AvgIpc) is 3.01. The van der Waals surface area contributed by atoms with Crippen molar-refractivity contribution in [2.24, 2.45) is 0 Å². The van der Waals surface area contributed by atoms with Gasteiger partial charge in [-0.15, -0.1) is 0 Å². The fourth-order valence-corrected chi connectivity index (χ4v) is 2.63. The summed E-state index contributed by atoms with van der Waals surface area (Å²) in [6, 6.07) is 15.9. The fraction of sp³-hybridized carbons (Fsp3) is 0.263. The lowest BCUT2D eigenvalue weighted by molar-refractivity contribution is 0.240. The molecule has 3 N–H and O–H groups in total. The van der Waals surface area contributed by atoms with E-state index in [4.69, 9.17) is 0 Å². The van der Waals surface area contributed by atoms with Crippen molar-refractivity contribution in [1.82, 2.24) is 20.6 Å². The summed E-state index contributed by atoms with van der Waals surface area (Å²) >= 11 is 0. The molecule has 1 aromatic heterocycles. The highest BCUT2D eigenvalue weighted by Gasteiger charge is 2.04. The normalized spacial score (nSPS) is 10.7. The zero-order chi connectivity index (χ0) is 16.8. The molecule has 5 heteroatoms. The number of hydrogen-bond donors (Lipinski definition) is 3. The molecule has 0 aliphatic heterocycles. The first-order valence-electron chi connectivity index (χ1n) is 8.22. The van der Waals surface area contributed by atoms with Crippen LogP contribution in [-0.2, 0) is 13.0 Å². The van der Waals surface area contributed by atoms with Crippen LogP contribution in [0.1, 0.15) is 23.4 Å². The third kappa shape index (κ3) is 4.13. The van der Waals surface area contributed by atoms with Crippen LogP contribution in [0, 0.1) is 6.92 Å². The maximum absolute atomic E-state index is 11.8. The van der Waals surface area contributed by atoms with E-state index in [0.29, 0.717) is 13.1 Å². The van der Waals surface area contributed by atoms with Crippen LogP contribution in [0.2, 0.25) is 0 Å². The quantitative estimate of drug-likeness (QED) is 0.609. The lowest BCUT2D eigenvalue weighted by Gasteiger charge is -2.09. The van der Waals surface area contributed by atoms with Crippen LogP contribution < -0.4 is 10.6 Å². The second kappa shape index (κ2) is 7.64. The van der Waals surface area contributed by atoms with E-state index in [1.54, 1.807) is 0 Å². The highest BCUT2D eigenvalue weighted by Crippen LogP contribution is 2.11. The van der Waals surface area contributed by atoms with Gasteiger partial charge in [-0.3, -0.25) is 0 Å². The summed E-state index contributed by atoms with van der Waals surface area (Å²) < 4.78 is 0. The van der Waals surface area contributed by atoms with Gasteiger partial charge in [-0.1, -0.05) is 36.4 Å². The smallest absolute Gasteiger partial charge is 0.315 e. The van der Waals surface area contributed by atoms with Crippen molar-refractivity contribution in [3.05, 3.63) is 65.5 Å². The molecule has 2 amide bonds. The lowest BCUT2D eigenvalue weighted by Crippen LogP contribution is -2.35. The molecular weight excluding hydrogens is 300 g/mol. The summed E-state index contributed by atoms with van der Waals surface area (Å²) in [4.78, 5) is 19.7. The molecule has 3 rings (SSSR count). The van der Waals surface area contributed by atoms with Crippen LogP contribution in [0.25, 0.3) is 11.0 Å². The molecule has 0 saturated heterocycles. The number of amides is 2. The van der Waals surface area contributed by atoms with Crippen molar-refractivity contribution >= 4 is 17.1 Å². The minimum Gasteiger partial charge on any atom is -0.342 e. The van der Waals surface area contributed by atoms with Crippen LogP contribution >= 0.6 is 0 Å². The van der Waals surface area contributed by atoms with Crippen LogP contribution in [-0.4, -0.2) is 22.5 Å². The Morgan fingerprint density at radius 1 is 1.08 bits per heavy atom. The summed E-state index contributed by atoms with van der Waals surface area (Å²) in [5, 5.41) is 5.77. The van der Waals surface area contributed by atoms with Crippen LogP contribution in [0.4, 0.5) is 4.79 Å². The van der Waals surface area contributed by atoms with Gasteiger partial charge < -0.3 is 15.6 Å². The number of fused-ring (bicyclic) bond motifs is 1. The zero-order valence-electron chi connectivity index (χ0n) is 13.8. The maximum Gasteiger partial charge on any atom is 0.315 e. The molecule has 0 unspecified atom stereocenters. The summed E-state index contributed by atoms with van der Waals surface area (Å²) in [6.07, 6.45) is 1.66. The molecule has 124 valence electrons. The number of urea groups is 1. The third-order valence-electron chi connectivity index (χ3n) is 4.01. The number of imidazole rings is 1. The van der Waals surface area contributed by atoms with Gasteiger partial charge in [-0.05, 0) is 36.6 Å². The molecule has 0 spiro atoms. The molecule has 0 saturated carbocycles. The summed E-state index contributed by atoms with van der Waals surface area (Å²) in [5.41, 5.74) is 4.35. The predicted octanol–water partition coefficient (Wildman–Crippen LogP) is 3.30. The molecule has 24 heavy (non-hydrogen) atoms. The van der Waals surface area contributed by atoms with Gasteiger partial charge in [0.15, 0.2) is 0 Å². The van der Waals surface area contributed by atoms with Crippen LogP contribution in [0.15, 0.2) is 48.5 Å². The Morgan fingerprint density at radius 3 is 2.71 bits per heavy atom. The number of nitrogens with one attached hydrogen (secondary N) is 3. The van der Waals surface area contributed by atoms with E-state index in [2.05, 4.69) is 20.6 Å². The minimum absolute atomic E-state index is 0.136. The number of benzene rings is 2. The van der Waals surface area contributed by atoms with Crippen molar-refractivity contribution in [2.75, 3.05) is 6.54 Å². The highest BCUT2D eigenvalue weighted by molar-refractivity contribution is 5.75. The van der Waals surface area contributed by atoms with Gasteiger partial charge >= 0.3 is 6.03 Å². The van der Waals surface area contributed by atoms with E-state index >= 15 is 0 Å². The topological polar surface area (TPSA) is 69.8 Å². The molecule has 3 aromatic rings. The fourth-order valence-electron chi connectivity index (χ4n) is 2.63. The first-order chi connectivity index (χ1) is 11.7. The van der Waals surface area contributed by atoms with E-state index in [1.807, 2.05) is 55.5 Å². The van der Waals surface area contributed by atoms with Crippen LogP contribution in [0.3, 0.4) is 0 Å². The van der Waals surface area contributed by atoms with E-state index in [-0.39, 0.29) is 6.03 Å². The number of aromatic amines is 1. The Hall–Kier alpha value is -2.82. The Bertz CT molecular complexity index is 792. The highest BCUT2D eigenvalue weighted by atomic mass is 16.2. The molecule has 2 aromatic carbocycles. The first-order valence-corrected chi connectivity index (χ1v) is 8.22. The maximum atomic E-state index is 11.8. The van der Waals surface area contributed by atoms with Crippen molar-refractivity contribution in [2.45, 2.75) is 26.3 Å². The van der Waals surface area contributed by atoms with Crippen molar-refractivity contribution < 1.29 is 4.79 Å². The number of rotatable bonds is 6. The van der Waals surface area contributed by atoms with Crippen LogP contribution in [0.5, 0.6) is 0 Å². The van der Waals surface area contributed by atoms with Gasteiger partial charge in [0.05, 0.1) is 11.0 Å². The number of hydrogen-bond acceptors (Lipinski definition) is 2. The predicted molar refractivity (Wildman–Crippen MR) is 95.8 cm³/mol. The van der Waals surface area contributed by atoms with Crippen molar-refractivity contribution in [3.8, 4) is 0 Å². The zero-order valence-corrected chi connectivity index (χ0v) is 13.8. The molecule has 0 radical (unpaired) electrons. The van der Waals surface area contributed by atoms with E-state index in [1.165, 1.54) is 5.56 Å². The number of aromatic nitrogens is 2. The monoisotopic (exact) mass is 322 g/mol. The molecule has 0 aliphatic carbocycles. The Kier molecular flexibility index (Phi) is 5.11. The number of carbonyl (C=O) groups is 1. The first kappa shape index (κ1) is 16.1. The number of para-hydroxylation sites is 2. The van der Waals surface area contributed by atoms with Crippen molar-refractivity contribution in [3.63, 3.8) is 0 Å². The number of H-pyrrole nitrogens is 1. The van der Waals surface area contributed by atoms with Gasteiger partial charge in [0.2, 0.25) is 0 Å². The summed E-state index contributed by atoms with van der Waals surface area (Å²) in [7, 11) is 0. The average molecular weight is 322 g/mol. The summed E-state index contributed by atoms with van der Waals surface area (Å²) in [5.74, 6) is 0.957. The molecular formula is C19H22N4O. The number of nitrogens with zero attached hydrogens (tertiary/aromatic N) is 1. The van der Waals surface area contributed by atoms with E-state index < -0.39 is 0 Å². The SMILES string of the molecule is Cc1ccccc1CNC(=O)NCCCc1nc2ccccc2[nH]1. The molecule has 0 atom stereocenters. The third-order valence-corrected chi connectivity index (χ3v) is 4.01. The summed E-state index contributed by atoms with van der Waals surface area (Å²) in [6.45, 7) is 3.21. The second-order valence-electron chi connectivity index (χ2n) is 5.84. The Labute approximate surface area is 141 Å². The number of aryl methyl sites for hydroxylation is 2. The van der Waals surface area contributed by atoms with Gasteiger partial charge in [-0.2, -0.15) is 0 Å². The largest absolute Gasteiger partial charge is 0.342 e. The lowest BCUT2D eigenvalue weighted by atomic mass is 10.1. The molecule has 0 fully saturated rings.